The van der Waals surface area contributed by atoms with Crippen LogP contribution in [0.15, 0.2) is 42.1 Å². The van der Waals surface area contributed by atoms with Gasteiger partial charge >= 0.3 is 0 Å². The second kappa shape index (κ2) is 5.36. The van der Waals surface area contributed by atoms with Gasteiger partial charge in [0.1, 0.15) is 0 Å². The number of halogens is 2. The third-order valence-corrected chi connectivity index (χ3v) is 4.09. The predicted octanol–water partition coefficient (Wildman–Crippen LogP) is 3.72. The molecular weight excluding hydrogens is 303 g/mol. The Bertz CT molecular complexity index is 708. The smallest absolute Gasteiger partial charge is 0.207 e. The van der Waals surface area contributed by atoms with Crippen molar-refractivity contribution in [3.8, 4) is 0 Å². The largest absolute Gasteiger partial charge is 0.262 e. The number of hydrogen-bond acceptors (Lipinski definition) is 4. The summed E-state index contributed by atoms with van der Waals surface area (Å²) in [5, 5.41) is 6.16. The molecule has 0 saturated heterocycles. The maximum absolute atomic E-state index is 6.07. The van der Waals surface area contributed by atoms with Crippen LogP contribution in [-0.2, 0) is 5.75 Å². The molecule has 0 aliphatic carbocycles. The van der Waals surface area contributed by atoms with E-state index < -0.39 is 0 Å². The molecular formula is C12H8Cl2N4S. The van der Waals surface area contributed by atoms with Gasteiger partial charge in [-0.05, 0) is 12.1 Å². The summed E-state index contributed by atoms with van der Waals surface area (Å²) in [5.74, 6) is 0.604. The highest BCUT2D eigenvalue weighted by Gasteiger charge is 2.08. The monoisotopic (exact) mass is 310 g/mol. The number of nitrogens with zero attached hydrogens (tertiary/aromatic N) is 4. The molecule has 3 aromatic heterocycles. The maximum atomic E-state index is 6.07. The van der Waals surface area contributed by atoms with Crippen LogP contribution >= 0.6 is 35.0 Å². The molecule has 3 rings (SSSR count). The van der Waals surface area contributed by atoms with Gasteiger partial charge in [-0.1, -0.05) is 35.0 Å². The van der Waals surface area contributed by atoms with Gasteiger partial charge in [0.2, 0.25) is 5.16 Å². The quantitative estimate of drug-likeness (QED) is 0.691. The van der Waals surface area contributed by atoms with Crippen molar-refractivity contribution in [3.05, 3.63) is 52.5 Å². The van der Waals surface area contributed by atoms with Gasteiger partial charge in [-0.15, -0.1) is 5.10 Å². The SMILES string of the molecule is Clc1cncc(Cl)c1CSc1ncc2cccn2n1. The normalized spacial score (nSPS) is 11.1. The molecule has 0 unspecified atom stereocenters. The van der Waals surface area contributed by atoms with Gasteiger partial charge in [0, 0.05) is 29.9 Å². The standard InChI is InChI=1S/C12H8Cl2N4S/c13-10-5-15-6-11(14)9(10)7-19-12-16-4-8-2-1-3-18(8)17-12/h1-6H,7H2. The van der Waals surface area contributed by atoms with Crippen LogP contribution in [0.3, 0.4) is 0 Å². The summed E-state index contributed by atoms with van der Waals surface area (Å²) in [4.78, 5) is 8.21. The molecule has 0 aliphatic heterocycles. The van der Waals surface area contributed by atoms with Crippen LogP contribution in [0.2, 0.25) is 10.0 Å². The summed E-state index contributed by atoms with van der Waals surface area (Å²) in [6.07, 6.45) is 6.83. The minimum absolute atomic E-state index is 0.557. The zero-order valence-corrected chi connectivity index (χ0v) is 12.0. The third kappa shape index (κ3) is 2.68. The van der Waals surface area contributed by atoms with Crippen LogP contribution in [0, 0.1) is 0 Å². The first-order valence-corrected chi connectivity index (χ1v) is 7.19. The molecule has 0 aromatic carbocycles. The molecule has 0 spiro atoms. The van der Waals surface area contributed by atoms with Crippen LogP contribution in [0.4, 0.5) is 0 Å². The Balaban J connectivity index is 1.82. The fraction of sp³-hybridized carbons (Fsp3) is 0.0833. The Labute approximate surface area is 123 Å². The topological polar surface area (TPSA) is 43.1 Å². The Morgan fingerprint density at radius 3 is 2.74 bits per heavy atom. The molecule has 96 valence electrons. The summed E-state index contributed by atoms with van der Waals surface area (Å²) in [7, 11) is 0. The summed E-state index contributed by atoms with van der Waals surface area (Å²) in [6, 6.07) is 3.88. The van der Waals surface area contributed by atoms with E-state index in [-0.39, 0.29) is 0 Å². The number of pyridine rings is 1. The maximum Gasteiger partial charge on any atom is 0.207 e. The van der Waals surface area contributed by atoms with Gasteiger partial charge < -0.3 is 0 Å². The van der Waals surface area contributed by atoms with Crippen molar-refractivity contribution in [2.24, 2.45) is 0 Å². The molecule has 4 nitrogen and oxygen atoms in total. The van der Waals surface area contributed by atoms with Gasteiger partial charge in [-0.3, -0.25) is 4.98 Å². The minimum Gasteiger partial charge on any atom is -0.262 e. The van der Waals surface area contributed by atoms with Gasteiger partial charge in [-0.2, -0.15) is 0 Å². The van der Waals surface area contributed by atoms with E-state index in [0.717, 1.165) is 11.1 Å². The van der Waals surface area contributed by atoms with E-state index in [2.05, 4.69) is 15.1 Å². The highest BCUT2D eigenvalue weighted by Crippen LogP contribution is 2.29. The van der Waals surface area contributed by atoms with Crippen LogP contribution in [0.1, 0.15) is 5.56 Å². The fourth-order valence-corrected chi connectivity index (χ4v) is 3.11. The van der Waals surface area contributed by atoms with Crippen LogP contribution in [0.25, 0.3) is 5.52 Å². The van der Waals surface area contributed by atoms with Crippen LogP contribution < -0.4 is 0 Å². The molecule has 0 atom stereocenters. The Kier molecular flexibility index (Phi) is 3.59. The fourth-order valence-electron chi connectivity index (χ4n) is 1.60. The molecule has 0 bridgehead atoms. The molecule has 19 heavy (non-hydrogen) atoms. The van der Waals surface area contributed by atoms with E-state index in [0.29, 0.717) is 21.0 Å². The van der Waals surface area contributed by atoms with Gasteiger partial charge in [0.15, 0.2) is 0 Å². The van der Waals surface area contributed by atoms with E-state index in [1.54, 1.807) is 23.1 Å². The van der Waals surface area contributed by atoms with Crippen LogP contribution in [-0.4, -0.2) is 19.6 Å². The average molecular weight is 311 g/mol. The number of aromatic nitrogens is 4. The molecule has 0 radical (unpaired) electrons. The average Bonchev–Trinajstić information content (AvgIpc) is 2.85. The Hall–Kier alpha value is -1.30. The van der Waals surface area contributed by atoms with Crippen molar-refractivity contribution in [2.45, 2.75) is 10.9 Å². The highest BCUT2D eigenvalue weighted by atomic mass is 35.5. The Morgan fingerprint density at radius 2 is 1.95 bits per heavy atom. The minimum atomic E-state index is 0.557. The van der Waals surface area contributed by atoms with Crippen molar-refractivity contribution in [3.63, 3.8) is 0 Å². The third-order valence-electron chi connectivity index (χ3n) is 2.56. The lowest BCUT2D eigenvalue weighted by Gasteiger charge is -2.05. The number of hydrogen-bond donors (Lipinski definition) is 0. The van der Waals surface area contributed by atoms with E-state index in [9.17, 15) is 0 Å². The molecule has 0 fully saturated rings. The van der Waals surface area contributed by atoms with Crippen molar-refractivity contribution in [1.29, 1.82) is 0 Å². The van der Waals surface area contributed by atoms with Crippen molar-refractivity contribution in [2.75, 3.05) is 0 Å². The molecule has 0 N–H and O–H groups in total. The molecule has 3 heterocycles. The molecule has 0 saturated carbocycles. The number of fused-ring (bicyclic) bond motifs is 1. The van der Waals surface area contributed by atoms with Gasteiger partial charge in [0.05, 0.1) is 21.8 Å². The van der Waals surface area contributed by atoms with E-state index in [4.69, 9.17) is 23.2 Å². The van der Waals surface area contributed by atoms with Crippen LogP contribution in [0.5, 0.6) is 0 Å². The first kappa shape index (κ1) is 12.7. The van der Waals surface area contributed by atoms with Crippen molar-refractivity contribution >= 4 is 40.5 Å². The second-order valence-electron chi connectivity index (χ2n) is 3.79. The second-order valence-corrected chi connectivity index (χ2v) is 5.55. The first-order valence-electron chi connectivity index (χ1n) is 5.45. The molecule has 7 heteroatoms. The van der Waals surface area contributed by atoms with Crippen molar-refractivity contribution < 1.29 is 0 Å². The zero-order valence-electron chi connectivity index (χ0n) is 9.62. The van der Waals surface area contributed by atoms with E-state index in [1.165, 1.54) is 11.8 Å². The lowest BCUT2D eigenvalue weighted by molar-refractivity contribution is 0.797. The number of rotatable bonds is 3. The zero-order chi connectivity index (χ0) is 13.2. The highest BCUT2D eigenvalue weighted by molar-refractivity contribution is 7.98. The molecule has 3 aromatic rings. The van der Waals surface area contributed by atoms with E-state index >= 15 is 0 Å². The summed E-state index contributed by atoms with van der Waals surface area (Å²) < 4.78 is 1.78. The summed E-state index contributed by atoms with van der Waals surface area (Å²) in [5.41, 5.74) is 1.81. The summed E-state index contributed by atoms with van der Waals surface area (Å²) in [6.45, 7) is 0. The predicted molar refractivity (Wildman–Crippen MR) is 76.8 cm³/mol. The van der Waals surface area contributed by atoms with Gasteiger partial charge in [-0.25, -0.2) is 9.50 Å². The van der Waals surface area contributed by atoms with Crippen molar-refractivity contribution in [1.82, 2.24) is 19.6 Å². The van der Waals surface area contributed by atoms with Gasteiger partial charge in [0.25, 0.3) is 0 Å². The lowest BCUT2D eigenvalue weighted by atomic mass is 10.3. The Morgan fingerprint density at radius 1 is 1.16 bits per heavy atom. The lowest BCUT2D eigenvalue weighted by Crippen LogP contribution is -1.95. The first-order chi connectivity index (χ1) is 9.24. The molecule has 0 aliphatic rings. The number of thioether (sulfide) groups is 1. The molecule has 0 amide bonds. The summed E-state index contributed by atoms with van der Waals surface area (Å²) >= 11 is 13.6. The van der Waals surface area contributed by atoms with E-state index in [1.807, 2.05) is 18.3 Å².